The zero-order chi connectivity index (χ0) is 31.1. The van der Waals surface area contributed by atoms with Gasteiger partial charge in [-0.25, -0.2) is 5.48 Å². The average molecular weight is 599 g/mol. The van der Waals surface area contributed by atoms with Crippen molar-refractivity contribution in [1.82, 2.24) is 16.1 Å². The molecule has 1 aliphatic carbocycles. The first kappa shape index (κ1) is 32.4. The number of amides is 4. The van der Waals surface area contributed by atoms with Crippen molar-refractivity contribution in [2.24, 2.45) is 0 Å². The van der Waals surface area contributed by atoms with Crippen molar-refractivity contribution in [2.45, 2.75) is 70.1 Å². The van der Waals surface area contributed by atoms with Crippen LogP contribution < -0.4 is 21.4 Å². The van der Waals surface area contributed by atoms with Crippen molar-refractivity contribution in [3.8, 4) is 11.1 Å². The van der Waals surface area contributed by atoms with Crippen molar-refractivity contribution in [3.63, 3.8) is 0 Å². The van der Waals surface area contributed by atoms with Crippen molar-refractivity contribution in [2.75, 3.05) is 18.4 Å². The van der Waals surface area contributed by atoms with Crippen LogP contribution in [0.5, 0.6) is 0 Å². The van der Waals surface area contributed by atoms with Gasteiger partial charge in [0.25, 0.3) is 5.91 Å². The van der Waals surface area contributed by atoms with Crippen LogP contribution in [-0.2, 0) is 14.4 Å². The van der Waals surface area contributed by atoms with E-state index in [0.29, 0.717) is 50.0 Å². The van der Waals surface area contributed by atoms with Crippen LogP contribution in [0.3, 0.4) is 0 Å². The Bertz CT molecular complexity index is 1380. The molecule has 44 heavy (non-hydrogen) atoms. The molecule has 3 aromatic carbocycles. The number of unbranched alkanes of at least 4 members (excludes halogenated alkanes) is 5. The third kappa shape index (κ3) is 9.50. The molecule has 0 unspecified atom stereocenters. The molecule has 0 heterocycles. The minimum Gasteiger partial charge on any atom is -0.356 e. The van der Waals surface area contributed by atoms with Gasteiger partial charge in [-0.15, -0.1) is 0 Å². The van der Waals surface area contributed by atoms with E-state index < -0.39 is 0 Å². The van der Waals surface area contributed by atoms with Crippen LogP contribution in [-0.4, -0.2) is 41.9 Å². The van der Waals surface area contributed by atoms with Crippen molar-refractivity contribution >= 4 is 29.3 Å². The van der Waals surface area contributed by atoms with Crippen LogP contribution in [0.2, 0.25) is 0 Å². The largest absolute Gasteiger partial charge is 0.356 e. The van der Waals surface area contributed by atoms with E-state index >= 15 is 0 Å². The van der Waals surface area contributed by atoms with E-state index in [1.165, 1.54) is 22.3 Å². The van der Waals surface area contributed by atoms with Gasteiger partial charge in [-0.1, -0.05) is 67.8 Å². The molecular formula is C35H42N4O5. The number of carbonyl (C=O) groups is 4. The van der Waals surface area contributed by atoms with Crippen LogP contribution in [0.4, 0.5) is 5.69 Å². The number of carbonyl (C=O) groups excluding carboxylic acids is 4. The summed E-state index contributed by atoms with van der Waals surface area (Å²) in [4.78, 5) is 48.4. The van der Waals surface area contributed by atoms with Crippen molar-refractivity contribution in [3.05, 3.63) is 89.5 Å². The molecule has 0 aliphatic heterocycles. The van der Waals surface area contributed by atoms with Gasteiger partial charge < -0.3 is 16.0 Å². The smallest absolute Gasteiger partial charge is 0.251 e. The van der Waals surface area contributed by atoms with Gasteiger partial charge in [-0.2, -0.15) is 0 Å². The Morgan fingerprint density at radius 2 is 1.14 bits per heavy atom. The van der Waals surface area contributed by atoms with Gasteiger partial charge in [-0.05, 0) is 72.2 Å². The Morgan fingerprint density at radius 3 is 1.77 bits per heavy atom. The topological polar surface area (TPSA) is 137 Å². The van der Waals surface area contributed by atoms with Crippen LogP contribution in [0.15, 0.2) is 72.8 Å². The first-order valence-electron chi connectivity index (χ1n) is 15.5. The molecule has 0 bridgehead atoms. The van der Waals surface area contributed by atoms with Crippen LogP contribution in [0.1, 0.15) is 91.6 Å². The molecular weight excluding hydrogens is 556 g/mol. The summed E-state index contributed by atoms with van der Waals surface area (Å²) in [6, 6.07) is 23.4. The van der Waals surface area contributed by atoms with Gasteiger partial charge in [-0.3, -0.25) is 24.4 Å². The molecule has 4 amide bonds. The van der Waals surface area contributed by atoms with E-state index in [9.17, 15) is 19.2 Å². The number of fused-ring (bicyclic) bond motifs is 3. The quantitative estimate of drug-likeness (QED) is 0.0773. The summed E-state index contributed by atoms with van der Waals surface area (Å²) < 4.78 is 0. The summed E-state index contributed by atoms with van der Waals surface area (Å²) in [6.45, 7) is 1.13. The first-order valence-corrected chi connectivity index (χ1v) is 15.5. The molecule has 232 valence electrons. The highest BCUT2D eigenvalue weighted by atomic mass is 16.5. The fourth-order valence-electron chi connectivity index (χ4n) is 5.60. The minimum atomic E-state index is -0.385. The molecule has 4 rings (SSSR count). The molecule has 9 nitrogen and oxygen atoms in total. The summed E-state index contributed by atoms with van der Waals surface area (Å²) in [5.41, 5.74) is 7.62. The number of hydrogen-bond donors (Lipinski definition) is 5. The van der Waals surface area contributed by atoms with Gasteiger partial charge in [0.2, 0.25) is 17.7 Å². The second-order valence-electron chi connectivity index (χ2n) is 11.2. The predicted octanol–water partition coefficient (Wildman–Crippen LogP) is 5.69. The third-order valence-corrected chi connectivity index (χ3v) is 7.93. The highest BCUT2D eigenvalue weighted by Crippen LogP contribution is 2.45. The lowest BCUT2D eigenvalue weighted by Crippen LogP contribution is -2.26. The molecule has 0 saturated carbocycles. The molecule has 0 spiro atoms. The minimum absolute atomic E-state index is 0.0402. The Balaban J connectivity index is 1.06. The van der Waals surface area contributed by atoms with Gasteiger partial charge in [0.1, 0.15) is 0 Å². The lowest BCUT2D eigenvalue weighted by Gasteiger charge is -2.13. The summed E-state index contributed by atoms with van der Waals surface area (Å²) in [7, 11) is 0. The zero-order valence-electron chi connectivity index (χ0n) is 25.1. The molecule has 0 radical (unpaired) electrons. The summed E-state index contributed by atoms with van der Waals surface area (Å²) in [6.07, 6.45) is 6.68. The van der Waals surface area contributed by atoms with Crippen LogP contribution >= 0.6 is 0 Å². The molecule has 9 heteroatoms. The molecule has 0 fully saturated rings. The lowest BCUT2D eigenvalue weighted by atomic mass is 9.93. The van der Waals surface area contributed by atoms with E-state index in [-0.39, 0.29) is 29.5 Å². The monoisotopic (exact) mass is 598 g/mol. The average Bonchev–Trinajstić information content (AvgIpc) is 3.35. The Labute approximate surface area is 258 Å². The number of benzene rings is 3. The Morgan fingerprint density at radius 1 is 0.591 bits per heavy atom. The molecule has 3 aromatic rings. The lowest BCUT2D eigenvalue weighted by molar-refractivity contribution is -0.129. The second kappa shape index (κ2) is 17.0. The SMILES string of the molecule is O=C(CCCCCCNC(=O)c1ccc(NC(=O)CCCCCNC(=O)CC2c3ccccc3-c3ccccc32)cc1)NO. The first-order chi connectivity index (χ1) is 21.5. The molecule has 0 saturated heterocycles. The maximum Gasteiger partial charge on any atom is 0.251 e. The molecule has 0 atom stereocenters. The second-order valence-corrected chi connectivity index (χ2v) is 11.2. The number of nitrogens with one attached hydrogen (secondary N) is 4. The maximum atomic E-state index is 12.7. The number of hydrogen-bond acceptors (Lipinski definition) is 5. The van der Waals surface area contributed by atoms with E-state index in [4.69, 9.17) is 5.21 Å². The summed E-state index contributed by atoms with van der Waals surface area (Å²) in [5, 5.41) is 17.3. The van der Waals surface area contributed by atoms with Crippen LogP contribution in [0.25, 0.3) is 11.1 Å². The standard InChI is InChI=1S/C35H42N4O5/c40-32(38-26-20-18-25(19-21-26)35(43)37-23-10-2-1-4-17-33(41)39-44)16-5-3-11-22-36-34(42)24-31-29-14-8-6-12-27(29)28-13-7-9-15-30(28)31/h6-9,12-15,18-21,31,44H,1-5,10-11,16-17,22-24H2,(H,36,42)(H,37,43)(H,38,40)(H,39,41). The zero-order valence-corrected chi connectivity index (χ0v) is 25.1. The van der Waals surface area contributed by atoms with E-state index in [1.54, 1.807) is 29.7 Å². The van der Waals surface area contributed by atoms with Crippen molar-refractivity contribution in [1.29, 1.82) is 0 Å². The Hall–Kier alpha value is -4.50. The van der Waals surface area contributed by atoms with Gasteiger partial charge in [0.05, 0.1) is 0 Å². The molecule has 5 N–H and O–H groups in total. The third-order valence-electron chi connectivity index (χ3n) is 7.93. The number of rotatable bonds is 17. The van der Waals surface area contributed by atoms with Crippen molar-refractivity contribution < 1.29 is 24.4 Å². The molecule has 1 aliphatic rings. The fraction of sp³-hybridized carbons (Fsp3) is 0.371. The van der Waals surface area contributed by atoms with Gasteiger partial charge in [0, 0.05) is 49.5 Å². The molecule has 0 aromatic heterocycles. The maximum absolute atomic E-state index is 12.7. The highest BCUT2D eigenvalue weighted by Gasteiger charge is 2.29. The Kier molecular flexibility index (Phi) is 12.5. The normalized spacial score (nSPS) is 11.8. The van der Waals surface area contributed by atoms with Crippen LogP contribution in [0, 0.1) is 0 Å². The number of anilines is 1. The van der Waals surface area contributed by atoms with Gasteiger partial charge >= 0.3 is 0 Å². The number of hydroxylamine groups is 1. The van der Waals surface area contributed by atoms with E-state index in [1.807, 2.05) is 24.3 Å². The fourth-order valence-corrected chi connectivity index (χ4v) is 5.60. The van der Waals surface area contributed by atoms with Gasteiger partial charge in [0.15, 0.2) is 0 Å². The summed E-state index contributed by atoms with van der Waals surface area (Å²) in [5.74, 6) is -0.525. The van der Waals surface area contributed by atoms with E-state index in [0.717, 1.165) is 38.5 Å². The predicted molar refractivity (Wildman–Crippen MR) is 170 cm³/mol. The summed E-state index contributed by atoms with van der Waals surface area (Å²) >= 11 is 0. The van der Waals surface area contributed by atoms with E-state index in [2.05, 4.69) is 40.2 Å². The highest BCUT2D eigenvalue weighted by molar-refractivity contribution is 5.95.